The highest BCUT2D eigenvalue weighted by atomic mass is 16.6. The number of likely N-dealkylation sites (tertiary alicyclic amines) is 1. The van der Waals surface area contributed by atoms with Crippen molar-refractivity contribution >= 4 is 22.5 Å². The minimum absolute atomic E-state index is 0.0971. The van der Waals surface area contributed by atoms with Crippen LogP contribution in [0, 0.1) is 20.9 Å². The average Bonchev–Trinajstić information content (AvgIpc) is 2.86. The Kier molecular flexibility index (Phi) is 4.06. The van der Waals surface area contributed by atoms with Gasteiger partial charge in [0.15, 0.2) is 0 Å². The van der Waals surface area contributed by atoms with Crippen LogP contribution in [0.2, 0.25) is 0 Å². The summed E-state index contributed by atoms with van der Waals surface area (Å²) in [5.74, 6) is -0.0971. The average molecular weight is 384 g/mol. The van der Waals surface area contributed by atoms with Crippen molar-refractivity contribution < 1.29 is 9.72 Å². The first-order valence-electron chi connectivity index (χ1n) is 9.50. The Balaban J connectivity index is 1.62. The zero-order valence-corrected chi connectivity index (χ0v) is 16.3. The number of fused-ring (bicyclic) bond motifs is 3. The first-order valence-corrected chi connectivity index (χ1v) is 9.50. The summed E-state index contributed by atoms with van der Waals surface area (Å²) in [6.07, 6.45) is 4.40. The highest BCUT2D eigenvalue weighted by molar-refractivity contribution is 5.81. The molecule has 1 aromatic carbocycles. The normalized spacial score (nSPS) is 25.8. The highest BCUT2D eigenvalue weighted by Gasteiger charge is 2.50. The second-order valence-corrected chi connectivity index (χ2v) is 9.37. The van der Waals surface area contributed by atoms with Gasteiger partial charge >= 0.3 is 0 Å². The molecular weight excluding hydrogens is 360 g/mol. The maximum atomic E-state index is 13.0. The predicted molar refractivity (Wildman–Crippen MR) is 104 cm³/mol. The Bertz CT molecular complexity index is 1040. The Hall–Kier alpha value is -2.77. The monoisotopic (exact) mass is 384 g/mol. The molecule has 0 spiro atoms. The standard InChI is InChI=1S/C20H24N4O4/c1-19(2)7-14-8-20(3,10-19)11-23(14)17(25)9-22-12-21-16-5-4-13(24(27)28)6-15(16)18(22)26/h4-6,12,14H,7-11H2,1-3H3/t14-,20+/m0/s1. The zero-order valence-electron chi connectivity index (χ0n) is 16.3. The van der Waals surface area contributed by atoms with Crippen molar-refractivity contribution in [1.29, 1.82) is 0 Å². The maximum Gasteiger partial charge on any atom is 0.270 e. The lowest BCUT2D eigenvalue weighted by Crippen LogP contribution is -2.40. The van der Waals surface area contributed by atoms with Crippen molar-refractivity contribution in [1.82, 2.24) is 14.5 Å². The van der Waals surface area contributed by atoms with Crippen LogP contribution < -0.4 is 5.56 Å². The van der Waals surface area contributed by atoms with E-state index in [1.165, 1.54) is 29.1 Å². The van der Waals surface area contributed by atoms with Crippen molar-refractivity contribution in [2.24, 2.45) is 10.8 Å². The van der Waals surface area contributed by atoms with Crippen molar-refractivity contribution in [3.05, 3.63) is 45.0 Å². The molecule has 0 unspecified atom stereocenters. The van der Waals surface area contributed by atoms with Crippen LogP contribution in [0.25, 0.3) is 10.9 Å². The molecule has 1 aliphatic carbocycles. The smallest absolute Gasteiger partial charge is 0.270 e. The van der Waals surface area contributed by atoms with Gasteiger partial charge in [-0.1, -0.05) is 20.8 Å². The van der Waals surface area contributed by atoms with Crippen molar-refractivity contribution in [2.45, 2.75) is 52.6 Å². The molecule has 2 bridgehead atoms. The van der Waals surface area contributed by atoms with Crippen LogP contribution in [-0.2, 0) is 11.3 Å². The Morgan fingerprint density at radius 1 is 1.32 bits per heavy atom. The van der Waals surface area contributed by atoms with Gasteiger partial charge in [-0.25, -0.2) is 4.98 Å². The largest absolute Gasteiger partial charge is 0.338 e. The zero-order chi connectivity index (χ0) is 20.3. The van der Waals surface area contributed by atoms with Crippen LogP contribution >= 0.6 is 0 Å². The topological polar surface area (TPSA) is 98.3 Å². The lowest BCUT2D eigenvalue weighted by atomic mass is 9.65. The molecule has 2 aromatic rings. The van der Waals surface area contributed by atoms with Crippen LogP contribution in [0.3, 0.4) is 0 Å². The molecule has 2 heterocycles. The SMILES string of the molecule is CC1(C)C[C@H]2C[C@@](C)(CN2C(=O)Cn2cnc3ccc([N+](=O)[O-])cc3c2=O)C1. The molecule has 2 aliphatic rings. The Morgan fingerprint density at radius 2 is 2.07 bits per heavy atom. The predicted octanol–water partition coefficient (Wildman–Crippen LogP) is 2.73. The van der Waals surface area contributed by atoms with E-state index in [4.69, 9.17) is 0 Å². The fraction of sp³-hybridized carbons (Fsp3) is 0.550. The van der Waals surface area contributed by atoms with Gasteiger partial charge < -0.3 is 4.90 Å². The van der Waals surface area contributed by atoms with Gasteiger partial charge in [-0.05, 0) is 36.2 Å². The third-order valence-electron chi connectivity index (χ3n) is 6.06. The third kappa shape index (κ3) is 3.16. The fourth-order valence-electron chi connectivity index (χ4n) is 5.36. The second kappa shape index (κ2) is 6.12. The summed E-state index contributed by atoms with van der Waals surface area (Å²) < 4.78 is 1.25. The molecule has 8 nitrogen and oxygen atoms in total. The molecule has 4 rings (SSSR count). The summed E-state index contributed by atoms with van der Waals surface area (Å²) in [7, 11) is 0. The molecular formula is C20H24N4O4. The lowest BCUT2D eigenvalue weighted by molar-refractivity contribution is -0.384. The van der Waals surface area contributed by atoms with Gasteiger partial charge in [0, 0.05) is 24.7 Å². The fourth-order valence-corrected chi connectivity index (χ4v) is 5.36. The van der Waals surface area contributed by atoms with E-state index in [-0.39, 0.29) is 40.4 Å². The van der Waals surface area contributed by atoms with Crippen molar-refractivity contribution in [3.8, 4) is 0 Å². The van der Waals surface area contributed by atoms with Gasteiger partial charge in [0.2, 0.25) is 5.91 Å². The maximum absolute atomic E-state index is 13.0. The quantitative estimate of drug-likeness (QED) is 0.598. The molecule has 148 valence electrons. The first-order chi connectivity index (χ1) is 13.1. The van der Waals surface area contributed by atoms with Crippen LogP contribution in [0.5, 0.6) is 0 Å². The summed E-state index contributed by atoms with van der Waals surface area (Å²) >= 11 is 0. The molecule has 2 atom stereocenters. The summed E-state index contributed by atoms with van der Waals surface area (Å²) in [6.45, 7) is 7.34. The van der Waals surface area contributed by atoms with E-state index in [1.807, 2.05) is 4.90 Å². The number of benzene rings is 1. The Morgan fingerprint density at radius 3 is 2.79 bits per heavy atom. The van der Waals surface area contributed by atoms with E-state index < -0.39 is 10.5 Å². The summed E-state index contributed by atoms with van der Waals surface area (Å²) in [5.41, 5.74) is 0.0998. The van der Waals surface area contributed by atoms with Crippen molar-refractivity contribution in [2.75, 3.05) is 6.54 Å². The number of nitrogens with zero attached hydrogens (tertiary/aromatic N) is 4. The van der Waals surface area contributed by atoms with Crippen LogP contribution in [-0.4, -0.2) is 37.9 Å². The number of nitro groups is 1. The summed E-state index contributed by atoms with van der Waals surface area (Å²) in [5, 5.41) is 11.1. The highest BCUT2D eigenvalue weighted by Crippen LogP contribution is 2.52. The lowest BCUT2D eigenvalue weighted by Gasteiger charge is -2.39. The minimum Gasteiger partial charge on any atom is -0.338 e. The van der Waals surface area contributed by atoms with Gasteiger partial charge in [-0.3, -0.25) is 24.3 Å². The molecule has 2 fully saturated rings. The molecule has 0 radical (unpaired) electrons. The van der Waals surface area contributed by atoms with E-state index in [1.54, 1.807) is 0 Å². The summed E-state index contributed by atoms with van der Waals surface area (Å²) in [4.78, 5) is 42.3. The number of carbonyl (C=O) groups excluding carboxylic acids is 1. The Labute approximate surface area is 162 Å². The van der Waals surface area contributed by atoms with E-state index in [0.29, 0.717) is 12.1 Å². The summed E-state index contributed by atoms with van der Waals surface area (Å²) in [6, 6.07) is 4.19. The van der Waals surface area contributed by atoms with Gasteiger partial charge in [0.05, 0.1) is 22.2 Å². The number of non-ortho nitro benzene ring substituents is 1. The van der Waals surface area contributed by atoms with Crippen molar-refractivity contribution in [3.63, 3.8) is 0 Å². The number of hydrogen-bond donors (Lipinski definition) is 0. The molecule has 1 aromatic heterocycles. The third-order valence-corrected chi connectivity index (χ3v) is 6.06. The van der Waals surface area contributed by atoms with Gasteiger partial charge in [-0.15, -0.1) is 0 Å². The second-order valence-electron chi connectivity index (χ2n) is 9.37. The molecule has 0 N–H and O–H groups in total. The van der Waals surface area contributed by atoms with E-state index in [2.05, 4.69) is 25.8 Å². The molecule has 8 heteroatoms. The number of amides is 1. The number of rotatable bonds is 3. The molecule has 28 heavy (non-hydrogen) atoms. The van der Waals surface area contributed by atoms with E-state index >= 15 is 0 Å². The molecule has 1 amide bonds. The number of aromatic nitrogens is 2. The van der Waals surface area contributed by atoms with Crippen LogP contribution in [0.1, 0.15) is 40.0 Å². The first kappa shape index (κ1) is 18.6. The van der Waals surface area contributed by atoms with Gasteiger partial charge in [-0.2, -0.15) is 0 Å². The number of carbonyl (C=O) groups is 1. The van der Waals surface area contributed by atoms with E-state index in [9.17, 15) is 19.7 Å². The van der Waals surface area contributed by atoms with Gasteiger partial charge in [0.25, 0.3) is 11.2 Å². The van der Waals surface area contributed by atoms with Gasteiger partial charge in [0.1, 0.15) is 6.54 Å². The molecule has 1 saturated heterocycles. The molecule has 1 saturated carbocycles. The minimum atomic E-state index is -0.547. The molecule has 1 aliphatic heterocycles. The van der Waals surface area contributed by atoms with E-state index in [0.717, 1.165) is 19.3 Å². The van der Waals surface area contributed by atoms with Crippen LogP contribution in [0.4, 0.5) is 5.69 Å². The number of nitro benzene ring substituents is 1. The van der Waals surface area contributed by atoms with Crippen LogP contribution in [0.15, 0.2) is 29.3 Å². The number of hydrogen-bond acceptors (Lipinski definition) is 5.